The fraction of sp³-hybridized carbons (Fsp3) is 0.421. The lowest BCUT2D eigenvalue weighted by Gasteiger charge is -2.19. The Morgan fingerprint density at radius 3 is 2.63 bits per heavy atom. The number of hydrogen-bond donors (Lipinski definition) is 1. The maximum absolute atomic E-state index is 12.6. The van der Waals surface area contributed by atoms with E-state index in [4.69, 9.17) is 4.74 Å². The highest BCUT2D eigenvalue weighted by atomic mass is 32.2. The summed E-state index contributed by atoms with van der Waals surface area (Å²) in [6, 6.07) is 8.70. The third-order valence-electron chi connectivity index (χ3n) is 4.58. The van der Waals surface area contributed by atoms with E-state index in [1.807, 2.05) is 17.0 Å². The predicted octanol–water partition coefficient (Wildman–Crippen LogP) is 3.25. The lowest BCUT2D eigenvalue weighted by Crippen LogP contribution is -2.31. The van der Waals surface area contributed by atoms with Crippen LogP contribution < -0.4 is 9.46 Å². The average molecular weight is 409 g/mol. The van der Waals surface area contributed by atoms with E-state index >= 15 is 0 Å². The number of sulfonamides is 1. The summed E-state index contributed by atoms with van der Waals surface area (Å²) in [6.45, 7) is 1.64. The van der Waals surface area contributed by atoms with Crippen LogP contribution in [0.15, 0.2) is 39.9 Å². The van der Waals surface area contributed by atoms with Gasteiger partial charge in [-0.05, 0) is 36.6 Å². The van der Waals surface area contributed by atoms with Crippen molar-refractivity contribution in [2.24, 2.45) is 0 Å². The second-order valence-electron chi connectivity index (χ2n) is 6.54. The Balaban J connectivity index is 1.67. The van der Waals surface area contributed by atoms with Crippen LogP contribution in [0.4, 0.5) is 0 Å². The van der Waals surface area contributed by atoms with E-state index in [-0.39, 0.29) is 16.7 Å². The van der Waals surface area contributed by atoms with Gasteiger partial charge in [-0.3, -0.25) is 4.79 Å². The summed E-state index contributed by atoms with van der Waals surface area (Å²) in [6.07, 6.45) is 4.29. The van der Waals surface area contributed by atoms with Crippen LogP contribution in [0.1, 0.15) is 41.6 Å². The fourth-order valence-electron chi connectivity index (χ4n) is 3.06. The van der Waals surface area contributed by atoms with Crippen molar-refractivity contribution in [2.75, 3.05) is 20.2 Å². The number of thiophene rings is 1. The minimum Gasteiger partial charge on any atom is -0.497 e. The first kappa shape index (κ1) is 19.9. The highest BCUT2D eigenvalue weighted by Crippen LogP contribution is 2.23. The highest BCUT2D eigenvalue weighted by molar-refractivity contribution is 7.91. The minimum atomic E-state index is -3.67. The Morgan fingerprint density at radius 2 is 1.93 bits per heavy atom. The van der Waals surface area contributed by atoms with Crippen LogP contribution in [0.2, 0.25) is 0 Å². The molecule has 6 nitrogen and oxygen atoms in total. The van der Waals surface area contributed by atoms with Crippen molar-refractivity contribution < 1.29 is 17.9 Å². The van der Waals surface area contributed by atoms with Crippen LogP contribution in [0.3, 0.4) is 0 Å². The van der Waals surface area contributed by atoms with E-state index < -0.39 is 10.0 Å². The van der Waals surface area contributed by atoms with Crippen molar-refractivity contribution in [3.05, 3.63) is 46.8 Å². The third-order valence-corrected chi connectivity index (χ3v) is 7.42. The van der Waals surface area contributed by atoms with Crippen LogP contribution in [0, 0.1) is 0 Å². The normalized spacial score (nSPS) is 15.4. The summed E-state index contributed by atoms with van der Waals surface area (Å²) < 4.78 is 33.0. The van der Waals surface area contributed by atoms with E-state index in [2.05, 4.69) is 4.72 Å². The smallest absolute Gasteiger partial charge is 0.254 e. The van der Waals surface area contributed by atoms with E-state index in [9.17, 15) is 13.2 Å². The Labute approximate surface area is 164 Å². The third kappa shape index (κ3) is 5.09. The van der Waals surface area contributed by atoms with Gasteiger partial charge in [-0.15, -0.1) is 11.3 Å². The Bertz CT molecular complexity index is 885. The molecule has 0 saturated carbocycles. The Kier molecular flexibility index (Phi) is 6.51. The molecule has 1 aliphatic heterocycles. The molecular weight excluding hydrogens is 384 g/mol. The number of amides is 1. The number of carbonyl (C=O) groups is 1. The maximum Gasteiger partial charge on any atom is 0.254 e. The first-order valence-corrected chi connectivity index (χ1v) is 11.4. The molecule has 0 aliphatic carbocycles. The predicted molar refractivity (Wildman–Crippen MR) is 106 cm³/mol. The lowest BCUT2D eigenvalue weighted by molar-refractivity contribution is 0.0762. The zero-order valence-electron chi connectivity index (χ0n) is 15.3. The molecule has 2 heterocycles. The maximum atomic E-state index is 12.6. The monoisotopic (exact) mass is 408 g/mol. The number of carbonyl (C=O) groups excluding carboxylic acids is 1. The molecule has 1 aromatic heterocycles. The van der Waals surface area contributed by atoms with Gasteiger partial charge in [0.15, 0.2) is 0 Å². The lowest BCUT2D eigenvalue weighted by atomic mass is 10.2. The van der Waals surface area contributed by atoms with E-state index in [1.54, 1.807) is 24.6 Å². The Morgan fingerprint density at radius 1 is 1.19 bits per heavy atom. The van der Waals surface area contributed by atoms with Crippen LogP contribution in [-0.2, 0) is 16.6 Å². The number of likely N-dealkylation sites (tertiary alicyclic amines) is 1. The second-order valence-corrected chi connectivity index (χ2v) is 9.44. The van der Waals surface area contributed by atoms with Crippen molar-refractivity contribution in [3.8, 4) is 5.75 Å². The van der Waals surface area contributed by atoms with Crippen molar-refractivity contribution in [3.63, 3.8) is 0 Å². The molecule has 0 atom stereocenters. The van der Waals surface area contributed by atoms with Crippen molar-refractivity contribution >= 4 is 27.3 Å². The number of rotatable bonds is 6. The minimum absolute atomic E-state index is 0.0811. The quantitative estimate of drug-likeness (QED) is 0.796. The molecule has 1 saturated heterocycles. The van der Waals surface area contributed by atoms with Gasteiger partial charge in [-0.1, -0.05) is 25.0 Å². The summed E-state index contributed by atoms with van der Waals surface area (Å²) in [7, 11) is -2.10. The first-order valence-electron chi connectivity index (χ1n) is 9.00. The molecule has 27 heavy (non-hydrogen) atoms. The summed E-state index contributed by atoms with van der Waals surface area (Å²) in [5, 5.41) is 1.63. The molecule has 8 heteroatoms. The number of methoxy groups -OCH3 is 1. The van der Waals surface area contributed by atoms with Gasteiger partial charge in [0.2, 0.25) is 10.0 Å². The average Bonchev–Trinajstić information content (AvgIpc) is 3.03. The Hall–Kier alpha value is -1.90. The molecule has 1 aliphatic rings. The summed E-state index contributed by atoms with van der Waals surface area (Å²) in [5.74, 6) is 0.593. The highest BCUT2D eigenvalue weighted by Gasteiger charge is 2.22. The van der Waals surface area contributed by atoms with Crippen LogP contribution in [-0.4, -0.2) is 39.4 Å². The zero-order valence-corrected chi connectivity index (χ0v) is 16.9. The number of nitrogens with one attached hydrogen (secondary N) is 1. The topological polar surface area (TPSA) is 75.7 Å². The molecule has 0 unspecified atom stereocenters. The largest absolute Gasteiger partial charge is 0.497 e. The van der Waals surface area contributed by atoms with E-state index in [0.29, 0.717) is 11.3 Å². The van der Waals surface area contributed by atoms with Gasteiger partial charge in [0.1, 0.15) is 9.96 Å². The molecule has 3 rings (SSSR count). The molecule has 1 amide bonds. The first-order chi connectivity index (χ1) is 13.0. The molecule has 0 radical (unpaired) electrons. The van der Waals surface area contributed by atoms with Gasteiger partial charge in [-0.2, -0.15) is 0 Å². The van der Waals surface area contributed by atoms with Gasteiger partial charge in [0, 0.05) is 25.0 Å². The molecule has 1 N–H and O–H groups in total. The zero-order chi connectivity index (χ0) is 19.3. The van der Waals surface area contributed by atoms with Crippen molar-refractivity contribution in [1.82, 2.24) is 9.62 Å². The van der Waals surface area contributed by atoms with Gasteiger partial charge in [0.05, 0.1) is 12.7 Å². The van der Waals surface area contributed by atoms with E-state index in [0.717, 1.165) is 55.7 Å². The summed E-state index contributed by atoms with van der Waals surface area (Å²) in [4.78, 5) is 14.5. The van der Waals surface area contributed by atoms with Crippen LogP contribution in [0.25, 0.3) is 0 Å². The molecule has 1 fully saturated rings. The number of benzene rings is 1. The molecule has 146 valence electrons. The summed E-state index contributed by atoms with van der Waals surface area (Å²) in [5.41, 5.74) is 1.25. The standard InChI is InChI=1S/C19H24N2O4S2/c1-25-17-8-6-7-15(11-17)13-20-27(23,24)18-12-16(14-26-18)19(22)21-9-4-2-3-5-10-21/h6-8,11-12,14,20H,2-5,9-10,13H2,1H3. The SMILES string of the molecule is COc1cccc(CNS(=O)(=O)c2cc(C(=O)N3CCCCCC3)cs2)c1. The second kappa shape index (κ2) is 8.86. The molecular formula is C19H24N2O4S2. The van der Waals surface area contributed by atoms with Gasteiger partial charge in [-0.25, -0.2) is 13.1 Å². The van der Waals surface area contributed by atoms with Gasteiger partial charge < -0.3 is 9.64 Å². The molecule has 0 bridgehead atoms. The molecule has 2 aromatic rings. The fourth-order valence-corrected chi connectivity index (χ4v) is 5.27. The number of hydrogen-bond acceptors (Lipinski definition) is 5. The van der Waals surface area contributed by atoms with Gasteiger partial charge >= 0.3 is 0 Å². The van der Waals surface area contributed by atoms with Crippen LogP contribution >= 0.6 is 11.3 Å². The van der Waals surface area contributed by atoms with Crippen LogP contribution in [0.5, 0.6) is 5.75 Å². The van der Waals surface area contributed by atoms with Crippen molar-refractivity contribution in [1.29, 1.82) is 0 Å². The molecule has 0 spiro atoms. The summed E-state index contributed by atoms with van der Waals surface area (Å²) >= 11 is 1.07. The number of ether oxygens (including phenoxy) is 1. The number of nitrogens with zero attached hydrogens (tertiary/aromatic N) is 1. The van der Waals surface area contributed by atoms with Gasteiger partial charge in [0.25, 0.3) is 5.91 Å². The van der Waals surface area contributed by atoms with Crippen molar-refractivity contribution in [2.45, 2.75) is 36.4 Å². The molecule has 1 aromatic carbocycles. The van der Waals surface area contributed by atoms with E-state index in [1.165, 1.54) is 6.07 Å².